The standard InChI is InChI=1S/C18H19ClN2O3/c1-23-16-9-12-4-7-21(8-5-13(12)10-17(16)24-2)18(22)14-3-6-20-11-15(14)19/h3,6,9-11H,4-5,7-8H2,1-2H3. The maximum Gasteiger partial charge on any atom is 0.255 e. The largest absolute Gasteiger partial charge is 0.493 e. The average molecular weight is 347 g/mol. The molecule has 3 rings (SSSR count). The van der Waals surface area contributed by atoms with Gasteiger partial charge in [-0.3, -0.25) is 9.78 Å². The van der Waals surface area contributed by atoms with Gasteiger partial charge in [-0.15, -0.1) is 0 Å². The number of benzene rings is 1. The van der Waals surface area contributed by atoms with Crippen LogP contribution in [-0.2, 0) is 12.8 Å². The molecule has 0 fully saturated rings. The first-order valence-corrected chi connectivity index (χ1v) is 8.14. The lowest BCUT2D eigenvalue weighted by atomic mass is 10.0. The van der Waals surface area contributed by atoms with Gasteiger partial charge in [0.2, 0.25) is 0 Å². The Morgan fingerprint density at radius 2 is 1.71 bits per heavy atom. The van der Waals surface area contributed by atoms with Crippen molar-refractivity contribution in [2.24, 2.45) is 0 Å². The van der Waals surface area contributed by atoms with Crippen LogP contribution in [0.15, 0.2) is 30.6 Å². The minimum atomic E-state index is -0.0610. The number of aromatic nitrogens is 1. The summed E-state index contributed by atoms with van der Waals surface area (Å²) in [6, 6.07) is 5.66. The fraction of sp³-hybridized carbons (Fsp3) is 0.333. The normalized spacial score (nSPS) is 13.9. The van der Waals surface area contributed by atoms with E-state index in [1.807, 2.05) is 17.0 Å². The SMILES string of the molecule is COc1cc2c(cc1OC)CCN(C(=O)c1ccncc1Cl)CC2. The van der Waals surface area contributed by atoms with Gasteiger partial charge in [-0.05, 0) is 42.2 Å². The number of hydrogen-bond acceptors (Lipinski definition) is 4. The zero-order valence-electron chi connectivity index (χ0n) is 13.7. The van der Waals surface area contributed by atoms with Gasteiger partial charge in [0.1, 0.15) is 0 Å². The topological polar surface area (TPSA) is 51.7 Å². The predicted octanol–water partition coefficient (Wildman–Crippen LogP) is 2.99. The summed E-state index contributed by atoms with van der Waals surface area (Å²) >= 11 is 6.10. The summed E-state index contributed by atoms with van der Waals surface area (Å²) in [7, 11) is 3.25. The summed E-state index contributed by atoms with van der Waals surface area (Å²) in [5, 5.41) is 0.382. The van der Waals surface area contributed by atoms with E-state index >= 15 is 0 Å². The number of ether oxygens (including phenoxy) is 2. The van der Waals surface area contributed by atoms with E-state index in [-0.39, 0.29) is 5.91 Å². The second-order valence-corrected chi connectivity index (χ2v) is 6.03. The minimum absolute atomic E-state index is 0.0610. The Bertz CT molecular complexity index is 729. The molecule has 0 atom stereocenters. The summed E-state index contributed by atoms with van der Waals surface area (Å²) in [6.45, 7) is 1.28. The number of carbonyl (C=O) groups is 1. The van der Waals surface area contributed by atoms with E-state index in [0.717, 1.165) is 12.8 Å². The minimum Gasteiger partial charge on any atom is -0.493 e. The molecule has 2 heterocycles. The summed E-state index contributed by atoms with van der Waals surface area (Å²) in [5.74, 6) is 1.37. The number of methoxy groups -OCH3 is 2. The highest BCUT2D eigenvalue weighted by Crippen LogP contribution is 2.32. The predicted molar refractivity (Wildman–Crippen MR) is 92.1 cm³/mol. The van der Waals surface area contributed by atoms with Crippen LogP contribution in [-0.4, -0.2) is 43.1 Å². The van der Waals surface area contributed by atoms with E-state index in [2.05, 4.69) is 4.98 Å². The summed E-state index contributed by atoms with van der Waals surface area (Å²) in [4.78, 5) is 18.5. The van der Waals surface area contributed by atoms with Crippen LogP contribution in [0.5, 0.6) is 11.5 Å². The molecule has 2 aromatic rings. The monoisotopic (exact) mass is 346 g/mol. The van der Waals surface area contributed by atoms with Crippen molar-refractivity contribution >= 4 is 17.5 Å². The Morgan fingerprint density at radius 1 is 1.12 bits per heavy atom. The first-order chi connectivity index (χ1) is 11.6. The van der Waals surface area contributed by atoms with E-state index in [1.165, 1.54) is 17.3 Å². The van der Waals surface area contributed by atoms with Gasteiger partial charge in [-0.25, -0.2) is 0 Å². The van der Waals surface area contributed by atoms with Crippen LogP contribution in [0.3, 0.4) is 0 Å². The third kappa shape index (κ3) is 3.17. The maximum absolute atomic E-state index is 12.7. The Hall–Kier alpha value is -2.27. The molecule has 0 saturated heterocycles. The number of pyridine rings is 1. The molecule has 1 amide bonds. The van der Waals surface area contributed by atoms with Crippen LogP contribution >= 0.6 is 11.6 Å². The van der Waals surface area contributed by atoms with Crippen LogP contribution in [0.2, 0.25) is 5.02 Å². The second kappa shape index (κ2) is 7.09. The van der Waals surface area contributed by atoms with Crippen LogP contribution in [0.25, 0.3) is 0 Å². The van der Waals surface area contributed by atoms with Crippen molar-refractivity contribution in [2.45, 2.75) is 12.8 Å². The van der Waals surface area contributed by atoms with Crippen molar-refractivity contribution in [3.8, 4) is 11.5 Å². The quantitative estimate of drug-likeness (QED) is 0.857. The van der Waals surface area contributed by atoms with E-state index in [1.54, 1.807) is 26.5 Å². The van der Waals surface area contributed by atoms with Crippen molar-refractivity contribution in [1.29, 1.82) is 0 Å². The first-order valence-electron chi connectivity index (χ1n) is 7.76. The van der Waals surface area contributed by atoms with Crippen molar-refractivity contribution in [3.05, 3.63) is 52.3 Å². The number of fused-ring (bicyclic) bond motifs is 1. The number of amides is 1. The molecule has 0 spiro atoms. The summed E-state index contributed by atoms with van der Waals surface area (Å²) < 4.78 is 10.7. The molecule has 6 heteroatoms. The summed E-state index contributed by atoms with van der Waals surface area (Å²) in [5.41, 5.74) is 2.86. The van der Waals surface area contributed by atoms with Gasteiger partial charge >= 0.3 is 0 Å². The number of nitrogens with zero attached hydrogens (tertiary/aromatic N) is 2. The van der Waals surface area contributed by atoms with Crippen molar-refractivity contribution < 1.29 is 14.3 Å². The molecule has 0 N–H and O–H groups in total. The summed E-state index contributed by atoms with van der Waals surface area (Å²) in [6.07, 6.45) is 4.62. The van der Waals surface area contributed by atoms with Gasteiger partial charge in [0.05, 0.1) is 24.8 Å². The molecule has 1 aliphatic rings. The number of rotatable bonds is 3. The van der Waals surface area contributed by atoms with Crippen molar-refractivity contribution in [1.82, 2.24) is 9.88 Å². The van der Waals surface area contributed by atoms with E-state index in [9.17, 15) is 4.79 Å². The molecule has 1 aromatic carbocycles. The molecular weight excluding hydrogens is 328 g/mol. The van der Waals surface area contributed by atoms with Crippen LogP contribution < -0.4 is 9.47 Å². The van der Waals surface area contributed by atoms with Gasteiger partial charge in [0.15, 0.2) is 11.5 Å². The molecule has 5 nitrogen and oxygen atoms in total. The van der Waals surface area contributed by atoms with Gasteiger partial charge in [0, 0.05) is 25.5 Å². The fourth-order valence-corrected chi connectivity index (χ4v) is 3.17. The second-order valence-electron chi connectivity index (χ2n) is 5.62. The van der Waals surface area contributed by atoms with Crippen molar-refractivity contribution in [2.75, 3.05) is 27.3 Å². The van der Waals surface area contributed by atoms with Crippen molar-refractivity contribution in [3.63, 3.8) is 0 Å². The Balaban J connectivity index is 1.83. The highest BCUT2D eigenvalue weighted by Gasteiger charge is 2.22. The van der Waals surface area contributed by atoms with Gasteiger partial charge in [0.25, 0.3) is 5.91 Å². The lowest BCUT2D eigenvalue weighted by molar-refractivity contribution is 0.0763. The zero-order chi connectivity index (χ0) is 17.1. The van der Waals surface area contributed by atoms with E-state index < -0.39 is 0 Å². The molecule has 0 saturated carbocycles. The smallest absolute Gasteiger partial charge is 0.255 e. The average Bonchev–Trinajstić information content (AvgIpc) is 2.82. The fourth-order valence-electron chi connectivity index (χ4n) is 2.97. The van der Waals surface area contributed by atoms with Crippen LogP contribution in [0.1, 0.15) is 21.5 Å². The zero-order valence-corrected chi connectivity index (χ0v) is 14.5. The molecule has 126 valence electrons. The highest BCUT2D eigenvalue weighted by molar-refractivity contribution is 6.33. The molecule has 24 heavy (non-hydrogen) atoms. The Morgan fingerprint density at radius 3 is 2.21 bits per heavy atom. The molecule has 0 radical (unpaired) electrons. The first kappa shape index (κ1) is 16.6. The van der Waals surface area contributed by atoms with E-state index in [4.69, 9.17) is 21.1 Å². The van der Waals surface area contributed by atoms with E-state index in [0.29, 0.717) is 35.2 Å². The van der Waals surface area contributed by atoms with Crippen LogP contribution in [0, 0.1) is 0 Å². The molecule has 1 aromatic heterocycles. The number of carbonyl (C=O) groups excluding carboxylic acids is 1. The molecule has 0 bridgehead atoms. The molecule has 1 aliphatic heterocycles. The lowest BCUT2D eigenvalue weighted by Gasteiger charge is -2.20. The molecule has 0 unspecified atom stereocenters. The molecular formula is C18H19ClN2O3. The number of hydrogen-bond donors (Lipinski definition) is 0. The third-order valence-corrected chi connectivity index (χ3v) is 4.60. The third-order valence-electron chi connectivity index (χ3n) is 4.30. The van der Waals surface area contributed by atoms with Gasteiger partial charge < -0.3 is 14.4 Å². The lowest BCUT2D eigenvalue weighted by Crippen LogP contribution is -2.33. The Kier molecular flexibility index (Phi) is 4.90. The van der Waals surface area contributed by atoms with Crippen LogP contribution in [0.4, 0.5) is 0 Å². The molecule has 0 aliphatic carbocycles. The highest BCUT2D eigenvalue weighted by atomic mass is 35.5. The number of halogens is 1. The van der Waals surface area contributed by atoms with Gasteiger partial charge in [-0.1, -0.05) is 11.6 Å². The van der Waals surface area contributed by atoms with Gasteiger partial charge in [-0.2, -0.15) is 0 Å². The Labute approximate surface area is 146 Å². The maximum atomic E-state index is 12.7.